The van der Waals surface area contributed by atoms with Crippen molar-refractivity contribution in [3.05, 3.63) is 65.6 Å². The number of nitrogens with two attached hydrogens (primary N) is 1. The van der Waals surface area contributed by atoms with Gasteiger partial charge in [-0.2, -0.15) is 0 Å². The van der Waals surface area contributed by atoms with Crippen LogP contribution in [0.25, 0.3) is 5.65 Å². The minimum absolute atomic E-state index is 0. The number of aliphatic hydroxyl groups excluding tert-OH is 1. The Morgan fingerprint density at radius 3 is 2.64 bits per heavy atom. The highest BCUT2D eigenvalue weighted by Crippen LogP contribution is 2.19. The van der Waals surface area contributed by atoms with E-state index >= 15 is 0 Å². The number of ether oxygens (including phenoxy) is 2. The number of carbonyl (C=O) groups is 2. The number of likely N-dealkylation sites (tertiary alicyclic amines) is 1. The molecule has 1 aliphatic rings. The molecule has 0 radical (unpaired) electrons. The molecule has 4 N–H and O–H groups in total. The fourth-order valence-corrected chi connectivity index (χ4v) is 4.29. The lowest BCUT2D eigenvalue weighted by Gasteiger charge is -2.31. The third-order valence-electron chi connectivity index (χ3n) is 6.49. The van der Waals surface area contributed by atoms with Gasteiger partial charge < -0.3 is 30.5 Å². The number of fused-ring (bicyclic) bond motifs is 1. The van der Waals surface area contributed by atoms with Crippen LogP contribution in [0.15, 0.2) is 48.7 Å². The Hall–Kier alpha value is -3.54. The summed E-state index contributed by atoms with van der Waals surface area (Å²) in [6.07, 6.45) is 3.13. The molecule has 2 amide bonds. The molecule has 2 atom stereocenters. The van der Waals surface area contributed by atoms with Crippen molar-refractivity contribution in [1.82, 2.24) is 24.8 Å². The number of hydrogen-bond donors (Lipinski definition) is 3. The summed E-state index contributed by atoms with van der Waals surface area (Å²) in [6.45, 7) is 5.00. The zero-order valence-corrected chi connectivity index (χ0v) is 21.9. The Morgan fingerprint density at radius 2 is 1.92 bits per heavy atom. The van der Waals surface area contributed by atoms with E-state index in [1.54, 1.807) is 35.4 Å². The number of nitrogens with zero attached hydrogens (tertiary/aromatic N) is 4. The van der Waals surface area contributed by atoms with Crippen LogP contribution in [0.3, 0.4) is 0 Å². The van der Waals surface area contributed by atoms with Gasteiger partial charge in [0.25, 0.3) is 0 Å². The Balaban J connectivity index is 0.00000420. The molecule has 11 nitrogen and oxygen atoms in total. The highest BCUT2D eigenvalue weighted by Gasteiger charge is 2.28. The zero-order valence-electron chi connectivity index (χ0n) is 21.9. The first kappa shape index (κ1) is 30.0. The molecule has 0 aliphatic carbocycles. The van der Waals surface area contributed by atoms with Crippen LogP contribution in [0, 0.1) is 5.92 Å². The average Bonchev–Trinajstić information content (AvgIpc) is 3.34. The van der Waals surface area contributed by atoms with Gasteiger partial charge in [-0.15, -0.1) is 10.2 Å². The van der Waals surface area contributed by atoms with Gasteiger partial charge in [-0.1, -0.05) is 43.8 Å². The van der Waals surface area contributed by atoms with Gasteiger partial charge >= 0.3 is 6.09 Å². The number of hydrogen-bond acceptors (Lipinski definition) is 8. The maximum absolute atomic E-state index is 12.8. The molecular weight excluding hydrogens is 500 g/mol. The lowest BCUT2D eigenvalue weighted by Crippen LogP contribution is -2.50. The van der Waals surface area contributed by atoms with E-state index in [4.69, 9.17) is 15.2 Å². The van der Waals surface area contributed by atoms with Crippen molar-refractivity contribution in [2.75, 3.05) is 26.3 Å². The van der Waals surface area contributed by atoms with Gasteiger partial charge in [0.15, 0.2) is 11.5 Å². The van der Waals surface area contributed by atoms with Gasteiger partial charge in [0, 0.05) is 31.5 Å². The van der Waals surface area contributed by atoms with Crippen LogP contribution in [-0.2, 0) is 27.5 Å². The fourth-order valence-electron chi connectivity index (χ4n) is 4.29. The molecule has 0 saturated carbocycles. The van der Waals surface area contributed by atoms with Gasteiger partial charge in [-0.3, -0.25) is 9.20 Å². The van der Waals surface area contributed by atoms with Gasteiger partial charge in [0.1, 0.15) is 12.6 Å². The Morgan fingerprint density at radius 1 is 1.15 bits per heavy atom. The predicted octanol–water partition coefficient (Wildman–Crippen LogP) is 2.82. The Kier molecular flexibility index (Phi) is 10.4. The second-order valence-electron chi connectivity index (χ2n) is 10.3. The number of carbonyl (C=O) groups excluding carboxylic acids is 2. The largest absolute Gasteiger partial charge is 0.444 e. The average molecular weight is 541 g/mol. The summed E-state index contributed by atoms with van der Waals surface area (Å²) in [5.74, 6) is 0.206. The number of pyridine rings is 1. The van der Waals surface area contributed by atoms with Gasteiger partial charge in [0.05, 0.1) is 18.8 Å². The minimum Gasteiger partial charge on any atom is -0.444 e. The number of nitrogens with one attached hydrogen (secondary N) is 1. The topological polar surface area (TPSA) is 144 Å². The fraction of sp³-hybridized carbons (Fsp3) is 0.500. The van der Waals surface area contributed by atoms with Crippen molar-refractivity contribution >= 4 is 17.6 Å². The molecule has 1 unspecified atom stereocenters. The van der Waals surface area contributed by atoms with E-state index in [1.165, 1.54) is 0 Å². The quantitative estimate of drug-likeness (QED) is 0.356. The standard InChI is InChI=1S/C27H36N6O5.CH4/c1-27(2,28)25(35)29-22(18-37-16-19-7-4-3-5-8-19)24-31-30-23-11-10-21(14-33(23)24)17-38-26(36)32-12-6-9-20(13-32)15-34;/h3-5,7-8,10-11,14,20,22,34H,6,9,12-13,15-18,28H2,1-2H3,(H,29,35);1H4/t20?,22-;/m1./s1. The summed E-state index contributed by atoms with van der Waals surface area (Å²) in [5, 5.41) is 20.9. The van der Waals surface area contributed by atoms with E-state index in [0.717, 1.165) is 24.0 Å². The highest BCUT2D eigenvalue weighted by atomic mass is 16.6. The molecule has 2 aromatic heterocycles. The minimum atomic E-state index is -1.10. The molecule has 3 heterocycles. The molecule has 0 bridgehead atoms. The van der Waals surface area contributed by atoms with Crippen LogP contribution < -0.4 is 11.1 Å². The highest BCUT2D eigenvalue weighted by molar-refractivity contribution is 5.85. The number of aromatic nitrogens is 3. The number of piperidine rings is 1. The van der Waals surface area contributed by atoms with E-state index in [-0.39, 0.29) is 39.1 Å². The van der Waals surface area contributed by atoms with Crippen molar-refractivity contribution in [2.45, 2.75) is 58.9 Å². The summed E-state index contributed by atoms with van der Waals surface area (Å²) in [7, 11) is 0. The van der Waals surface area contributed by atoms with Crippen LogP contribution in [0.5, 0.6) is 0 Å². The van der Waals surface area contributed by atoms with Crippen LogP contribution in [0.4, 0.5) is 4.79 Å². The second-order valence-corrected chi connectivity index (χ2v) is 10.3. The van der Waals surface area contributed by atoms with Gasteiger partial charge in [-0.05, 0) is 44.2 Å². The van der Waals surface area contributed by atoms with Crippen molar-refractivity contribution in [3.8, 4) is 0 Å². The van der Waals surface area contributed by atoms with E-state index in [0.29, 0.717) is 31.2 Å². The summed E-state index contributed by atoms with van der Waals surface area (Å²) in [4.78, 5) is 27.0. The van der Waals surface area contributed by atoms with Crippen LogP contribution in [0.2, 0.25) is 0 Å². The second kappa shape index (κ2) is 13.5. The third kappa shape index (κ3) is 7.98. The first-order valence-electron chi connectivity index (χ1n) is 12.8. The first-order valence-corrected chi connectivity index (χ1v) is 12.8. The van der Waals surface area contributed by atoms with E-state index < -0.39 is 17.7 Å². The molecule has 1 aromatic carbocycles. The molecule has 3 aromatic rings. The van der Waals surface area contributed by atoms with Crippen molar-refractivity contribution < 1.29 is 24.2 Å². The van der Waals surface area contributed by atoms with Crippen molar-refractivity contribution in [2.24, 2.45) is 11.7 Å². The smallest absolute Gasteiger partial charge is 0.410 e. The van der Waals surface area contributed by atoms with Crippen LogP contribution in [-0.4, -0.2) is 68.4 Å². The molecule has 0 spiro atoms. The number of rotatable bonds is 10. The number of amides is 2. The Bertz CT molecular complexity index is 1230. The molecule has 1 aliphatic heterocycles. The maximum Gasteiger partial charge on any atom is 0.410 e. The summed E-state index contributed by atoms with van der Waals surface area (Å²) < 4.78 is 13.2. The molecule has 11 heteroatoms. The molecular formula is C28H40N6O5. The molecule has 4 rings (SSSR count). The van der Waals surface area contributed by atoms with Gasteiger partial charge in [-0.25, -0.2) is 4.79 Å². The maximum atomic E-state index is 12.8. The lowest BCUT2D eigenvalue weighted by molar-refractivity contribution is -0.126. The summed E-state index contributed by atoms with van der Waals surface area (Å²) >= 11 is 0. The molecule has 1 saturated heterocycles. The molecule has 212 valence electrons. The molecule has 39 heavy (non-hydrogen) atoms. The third-order valence-corrected chi connectivity index (χ3v) is 6.49. The SMILES string of the molecule is C.CC(C)(N)C(=O)N[C@H](COCc1ccccc1)c1nnc2ccc(COC(=O)N3CCCC(CO)C3)cn12. The summed E-state index contributed by atoms with van der Waals surface area (Å²) in [5.41, 5.74) is 7.24. The first-order chi connectivity index (χ1) is 18.2. The monoisotopic (exact) mass is 540 g/mol. The summed E-state index contributed by atoms with van der Waals surface area (Å²) in [6, 6.07) is 12.7. The zero-order chi connectivity index (χ0) is 27.1. The van der Waals surface area contributed by atoms with E-state index in [2.05, 4.69) is 15.5 Å². The van der Waals surface area contributed by atoms with E-state index in [1.807, 2.05) is 36.4 Å². The number of aliphatic hydroxyl groups is 1. The van der Waals surface area contributed by atoms with E-state index in [9.17, 15) is 14.7 Å². The Labute approximate surface area is 229 Å². The lowest BCUT2D eigenvalue weighted by atomic mass is 10.00. The van der Waals surface area contributed by atoms with Crippen LogP contribution in [0.1, 0.15) is 57.1 Å². The van der Waals surface area contributed by atoms with Crippen molar-refractivity contribution in [3.63, 3.8) is 0 Å². The normalized spacial score (nSPS) is 16.4. The molecule has 1 fully saturated rings. The van der Waals surface area contributed by atoms with Gasteiger partial charge in [0.2, 0.25) is 5.91 Å². The van der Waals surface area contributed by atoms with Crippen molar-refractivity contribution in [1.29, 1.82) is 0 Å². The van der Waals surface area contributed by atoms with Crippen LogP contribution >= 0.6 is 0 Å². The predicted molar refractivity (Wildman–Crippen MR) is 147 cm³/mol. The number of benzene rings is 1.